The van der Waals surface area contributed by atoms with E-state index in [2.05, 4.69) is 0 Å². The molecular formula is C19H20N2O7. The molecule has 1 aromatic carbocycles. The Morgan fingerprint density at radius 3 is 2.32 bits per heavy atom. The number of carbonyl (C=O) groups excluding carboxylic acids is 2. The minimum Gasteiger partial charge on any atom is -0.419 e. The van der Waals surface area contributed by atoms with E-state index in [4.69, 9.17) is 14.2 Å². The second-order valence-corrected chi connectivity index (χ2v) is 7.05. The molecule has 28 heavy (non-hydrogen) atoms. The van der Waals surface area contributed by atoms with Crippen molar-refractivity contribution in [1.82, 2.24) is 0 Å². The van der Waals surface area contributed by atoms with E-state index in [1.54, 1.807) is 6.07 Å². The maximum atomic E-state index is 12.5. The first-order chi connectivity index (χ1) is 13.5. The van der Waals surface area contributed by atoms with Crippen LogP contribution in [0.25, 0.3) is 6.08 Å². The summed E-state index contributed by atoms with van der Waals surface area (Å²) >= 11 is 0. The smallest absolute Gasteiger partial charge is 0.348 e. The number of anilines is 1. The van der Waals surface area contributed by atoms with E-state index in [9.17, 15) is 19.7 Å². The lowest BCUT2D eigenvalue weighted by molar-refractivity contribution is -0.384. The van der Waals surface area contributed by atoms with Gasteiger partial charge >= 0.3 is 11.9 Å². The maximum absolute atomic E-state index is 12.5. The van der Waals surface area contributed by atoms with Crippen molar-refractivity contribution in [2.45, 2.75) is 31.5 Å². The summed E-state index contributed by atoms with van der Waals surface area (Å²) in [6.45, 7) is 2.26. The van der Waals surface area contributed by atoms with Crippen molar-refractivity contribution in [3.63, 3.8) is 0 Å². The molecule has 2 aliphatic heterocycles. The number of hydrogen-bond donors (Lipinski definition) is 0. The molecule has 3 fully saturated rings. The summed E-state index contributed by atoms with van der Waals surface area (Å²) < 4.78 is 16.2. The zero-order valence-electron chi connectivity index (χ0n) is 15.2. The zero-order chi connectivity index (χ0) is 19.7. The fourth-order valence-electron chi connectivity index (χ4n) is 3.81. The van der Waals surface area contributed by atoms with Crippen LogP contribution < -0.4 is 4.90 Å². The van der Waals surface area contributed by atoms with Crippen LogP contribution in [0, 0.1) is 10.1 Å². The Morgan fingerprint density at radius 1 is 1.07 bits per heavy atom. The summed E-state index contributed by atoms with van der Waals surface area (Å²) in [4.78, 5) is 37.7. The number of nitro benzene ring substituents is 1. The van der Waals surface area contributed by atoms with Crippen molar-refractivity contribution in [1.29, 1.82) is 0 Å². The molecule has 1 saturated carbocycles. The Hall–Kier alpha value is -2.94. The van der Waals surface area contributed by atoms with Crippen LogP contribution >= 0.6 is 0 Å². The van der Waals surface area contributed by atoms with E-state index in [1.807, 2.05) is 4.90 Å². The third-order valence-electron chi connectivity index (χ3n) is 5.24. The first-order valence-corrected chi connectivity index (χ1v) is 9.27. The van der Waals surface area contributed by atoms with Gasteiger partial charge in [0.1, 0.15) is 5.57 Å². The Kier molecular flexibility index (Phi) is 4.76. The molecule has 2 heterocycles. The van der Waals surface area contributed by atoms with Crippen molar-refractivity contribution in [2.75, 3.05) is 31.2 Å². The molecule has 0 unspecified atom stereocenters. The summed E-state index contributed by atoms with van der Waals surface area (Å²) in [5.74, 6) is -2.66. The number of morpholine rings is 1. The van der Waals surface area contributed by atoms with E-state index < -0.39 is 22.6 Å². The van der Waals surface area contributed by atoms with Gasteiger partial charge in [-0.2, -0.15) is 0 Å². The van der Waals surface area contributed by atoms with Gasteiger partial charge in [-0.15, -0.1) is 0 Å². The zero-order valence-corrected chi connectivity index (χ0v) is 15.2. The fraction of sp³-hybridized carbons (Fsp3) is 0.474. The minimum atomic E-state index is -1.15. The average Bonchev–Trinajstić information content (AvgIpc) is 3.12. The predicted molar refractivity (Wildman–Crippen MR) is 97.5 cm³/mol. The van der Waals surface area contributed by atoms with Crippen LogP contribution in [0.5, 0.6) is 0 Å². The number of esters is 2. The number of nitrogens with zero attached hydrogens (tertiary/aromatic N) is 2. The third-order valence-corrected chi connectivity index (χ3v) is 5.24. The van der Waals surface area contributed by atoms with Gasteiger partial charge in [0.15, 0.2) is 0 Å². The molecule has 0 bridgehead atoms. The van der Waals surface area contributed by atoms with Gasteiger partial charge in [0.2, 0.25) is 0 Å². The van der Waals surface area contributed by atoms with Crippen molar-refractivity contribution >= 4 is 29.4 Å². The lowest BCUT2D eigenvalue weighted by Gasteiger charge is -2.33. The van der Waals surface area contributed by atoms with Gasteiger partial charge in [-0.3, -0.25) is 10.1 Å². The first kappa shape index (κ1) is 18.4. The molecular weight excluding hydrogens is 368 g/mol. The number of benzene rings is 1. The number of carbonyl (C=O) groups is 2. The molecule has 1 aromatic rings. The molecule has 0 aromatic heterocycles. The van der Waals surface area contributed by atoms with E-state index in [1.165, 1.54) is 18.2 Å². The van der Waals surface area contributed by atoms with E-state index >= 15 is 0 Å². The second kappa shape index (κ2) is 7.23. The molecule has 148 valence electrons. The van der Waals surface area contributed by atoms with Crippen LogP contribution in [0.15, 0.2) is 23.8 Å². The lowest BCUT2D eigenvalue weighted by Crippen LogP contribution is -2.44. The number of ether oxygens (including phenoxy) is 3. The molecule has 4 rings (SSSR count). The predicted octanol–water partition coefficient (Wildman–Crippen LogP) is 2.19. The highest BCUT2D eigenvalue weighted by molar-refractivity contribution is 6.19. The average molecular weight is 388 g/mol. The summed E-state index contributed by atoms with van der Waals surface area (Å²) in [6.07, 6.45) is 3.96. The molecule has 1 spiro atoms. The van der Waals surface area contributed by atoms with Crippen LogP contribution in [-0.4, -0.2) is 49.0 Å². The van der Waals surface area contributed by atoms with Gasteiger partial charge in [-0.05, 0) is 25.0 Å². The molecule has 3 aliphatic rings. The molecule has 0 amide bonds. The quantitative estimate of drug-likeness (QED) is 0.255. The number of non-ortho nitro benzene ring substituents is 1. The highest BCUT2D eigenvalue weighted by Crippen LogP contribution is 2.39. The maximum Gasteiger partial charge on any atom is 0.348 e. The second-order valence-electron chi connectivity index (χ2n) is 7.05. The van der Waals surface area contributed by atoms with E-state index in [0.717, 1.165) is 12.8 Å². The van der Waals surface area contributed by atoms with Crippen molar-refractivity contribution in [2.24, 2.45) is 0 Å². The Balaban J connectivity index is 1.70. The highest BCUT2D eigenvalue weighted by Gasteiger charge is 2.48. The van der Waals surface area contributed by atoms with Crippen molar-refractivity contribution in [3.8, 4) is 0 Å². The van der Waals surface area contributed by atoms with Crippen LogP contribution in [0.3, 0.4) is 0 Å². The number of hydrogen-bond acceptors (Lipinski definition) is 8. The summed E-state index contributed by atoms with van der Waals surface area (Å²) in [5, 5.41) is 11.2. The van der Waals surface area contributed by atoms with Gasteiger partial charge in [0.05, 0.1) is 18.1 Å². The Labute approximate surface area is 161 Å². The summed E-state index contributed by atoms with van der Waals surface area (Å²) in [7, 11) is 0. The topological polar surface area (TPSA) is 108 Å². The van der Waals surface area contributed by atoms with Crippen LogP contribution in [0.4, 0.5) is 11.4 Å². The largest absolute Gasteiger partial charge is 0.419 e. The van der Waals surface area contributed by atoms with Gasteiger partial charge in [-0.25, -0.2) is 9.59 Å². The van der Waals surface area contributed by atoms with Crippen molar-refractivity contribution in [3.05, 3.63) is 39.4 Å². The monoisotopic (exact) mass is 388 g/mol. The minimum absolute atomic E-state index is 0.131. The SMILES string of the molecule is O=C1OC2(CCCC2)OC(=O)C1=Cc1cc([N+](=O)[O-])ccc1N1CCOCC1. The molecule has 1 aliphatic carbocycles. The molecule has 0 radical (unpaired) electrons. The fourth-order valence-corrected chi connectivity index (χ4v) is 3.81. The van der Waals surface area contributed by atoms with Gasteiger partial charge in [-0.1, -0.05) is 0 Å². The van der Waals surface area contributed by atoms with Crippen LogP contribution in [0.1, 0.15) is 31.2 Å². The normalized spacial score (nSPS) is 21.4. The summed E-state index contributed by atoms with van der Waals surface area (Å²) in [6, 6.07) is 4.37. The van der Waals surface area contributed by atoms with Gasteiger partial charge in [0, 0.05) is 49.3 Å². The lowest BCUT2D eigenvalue weighted by atomic mass is 10.0. The summed E-state index contributed by atoms with van der Waals surface area (Å²) in [5.41, 5.74) is 0.687. The van der Waals surface area contributed by atoms with E-state index in [0.29, 0.717) is 50.4 Å². The van der Waals surface area contributed by atoms with Crippen LogP contribution in [-0.2, 0) is 23.8 Å². The number of nitro groups is 1. The Bertz CT molecular complexity index is 830. The molecule has 2 saturated heterocycles. The van der Waals surface area contributed by atoms with E-state index in [-0.39, 0.29) is 11.3 Å². The standard InChI is InChI=1S/C19H20N2O7/c22-17-15(18(23)28-19(27-17)5-1-2-6-19)12-13-11-14(21(24)25)3-4-16(13)20-7-9-26-10-8-20/h3-4,11-12H,1-2,5-10H2. The van der Waals surface area contributed by atoms with Crippen molar-refractivity contribution < 1.29 is 28.7 Å². The third kappa shape index (κ3) is 3.45. The Morgan fingerprint density at radius 2 is 1.71 bits per heavy atom. The van der Waals surface area contributed by atoms with Crippen LogP contribution in [0.2, 0.25) is 0 Å². The van der Waals surface area contributed by atoms with Gasteiger partial charge in [0.25, 0.3) is 11.5 Å². The first-order valence-electron chi connectivity index (χ1n) is 9.27. The molecule has 9 nitrogen and oxygen atoms in total. The molecule has 0 atom stereocenters. The number of rotatable bonds is 3. The van der Waals surface area contributed by atoms with Gasteiger partial charge < -0.3 is 19.1 Å². The molecule has 0 N–H and O–H groups in total. The highest BCUT2D eigenvalue weighted by atomic mass is 16.7. The molecule has 9 heteroatoms.